The monoisotopic (exact) mass is 326 g/mol. The zero-order valence-electron chi connectivity index (χ0n) is 14.4. The van der Waals surface area contributed by atoms with Gasteiger partial charge in [0.25, 0.3) is 0 Å². The van der Waals surface area contributed by atoms with Crippen LogP contribution in [0, 0.1) is 0 Å². The highest BCUT2D eigenvalue weighted by molar-refractivity contribution is 5.95. The number of hydrogen-bond acceptors (Lipinski definition) is 4. The minimum absolute atomic E-state index is 0.342. The highest BCUT2D eigenvalue weighted by Gasteiger charge is 2.48. The van der Waals surface area contributed by atoms with E-state index in [0.29, 0.717) is 17.6 Å². The Kier molecular flexibility index (Phi) is 3.30. The third-order valence-electron chi connectivity index (χ3n) is 6.49. The van der Waals surface area contributed by atoms with Gasteiger partial charge in [-0.15, -0.1) is 0 Å². The van der Waals surface area contributed by atoms with Gasteiger partial charge in [0.1, 0.15) is 0 Å². The Balaban J connectivity index is 1.59. The number of methoxy groups -OCH3 is 1. The van der Waals surface area contributed by atoms with Crippen LogP contribution >= 0.6 is 0 Å². The van der Waals surface area contributed by atoms with Crippen LogP contribution in [0.15, 0.2) is 28.9 Å². The highest BCUT2D eigenvalue weighted by atomic mass is 16.5. The number of hydrogen-bond donors (Lipinski definition) is 1. The Labute approximate surface area is 143 Å². The fourth-order valence-corrected chi connectivity index (χ4v) is 5.14. The van der Waals surface area contributed by atoms with Gasteiger partial charge < -0.3 is 19.4 Å². The number of rotatable bonds is 2. The summed E-state index contributed by atoms with van der Waals surface area (Å²) in [6.07, 6.45) is 11.1. The number of fused-ring (bicyclic) bond motifs is 2. The average molecular weight is 326 g/mol. The summed E-state index contributed by atoms with van der Waals surface area (Å²) in [5, 5.41) is 5.23. The lowest BCUT2D eigenvalue weighted by Gasteiger charge is -2.58. The first kappa shape index (κ1) is 14.6. The summed E-state index contributed by atoms with van der Waals surface area (Å²) in [6, 6.07) is 7.64. The second kappa shape index (κ2) is 5.41. The Morgan fingerprint density at radius 2 is 2.04 bits per heavy atom. The van der Waals surface area contributed by atoms with E-state index in [9.17, 15) is 0 Å². The van der Waals surface area contributed by atoms with Gasteiger partial charge >= 0.3 is 0 Å². The fraction of sp³-hybridized carbons (Fsp3) is 0.600. The van der Waals surface area contributed by atoms with E-state index in [1.165, 1.54) is 56.0 Å². The first-order chi connectivity index (χ1) is 11.8. The minimum Gasteiger partial charge on any atom is -0.493 e. The van der Waals surface area contributed by atoms with Crippen molar-refractivity contribution >= 4 is 16.7 Å². The van der Waals surface area contributed by atoms with E-state index in [1.54, 1.807) is 13.4 Å². The number of benzene rings is 1. The molecule has 2 aliphatic carbocycles. The molecule has 4 heteroatoms. The van der Waals surface area contributed by atoms with Crippen LogP contribution in [0.5, 0.6) is 5.75 Å². The van der Waals surface area contributed by atoms with Gasteiger partial charge in [0.05, 0.1) is 13.4 Å². The predicted molar refractivity (Wildman–Crippen MR) is 95.9 cm³/mol. The van der Waals surface area contributed by atoms with Crippen molar-refractivity contribution in [2.24, 2.45) is 0 Å². The first-order valence-electron chi connectivity index (χ1n) is 9.38. The molecule has 2 saturated carbocycles. The van der Waals surface area contributed by atoms with E-state index >= 15 is 0 Å². The molecule has 1 unspecified atom stereocenters. The molecule has 1 aromatic heterocycles. The Hall–Kier alpha value is -1.68. The van der Waals surface area contributed by atoms with Crippen molar-refractivity contribution in [2.75, 3.05) is 18.6 Å². The summed E-state index contributed by atoms with van der Waals surface area (Å²) < 4.78 is 11.2. The van der Waals surface area contributed by atoms with Gasteiger partial charge in [-0.2, -0.15) is 0 Å². The zero-order valence-corrected chi connectivity index (χ0v) is 14.4. The van der Waals surface area contributed by atoms with E-state index < -0.39 is 0 Å². The predicted octanol–water partition coefficient (Wildman–Crippen LogP) is 4.08. The molecule has 3 fully saturated rings. The molecule has 4 nitrogen and oxygen atoms in total. The molecular weight excluding hydrogens is 300 g/mol. The average Bonchev–Trinajstić information content (AvgIpc) is 3.08. The van der Waals surface area contributed by atoms with Crippen LogP contribution in [0.3, 0.4) is 0 Å². The van der Waals surface area contributed by atoms with Crippen molar-refractivity contribution in [1.82, 2.24) is 5.32 Å². The van der Waals surface area contributed by atoms with Gasteiger partial charge in [0, 0.05) is 35.2 Å². The van der Waals surface area contributed by atoms with E-state index in [1.807, 2.05) is 0 Å². The maximum absolute atomic E-state index is 5.73. The van der Waals surface area contributed by atoms with Gasteiger partial charge in [-0.3, -0.25) is 0 Å². The van der Waals surface area contributed by atoms with E-state index in [-0.39, 0.29) is 0 Å². The normalized spacial score (nSPS) is 28.6. The standard InChI is InChI=1S/C20H26N2O2/c1-23-18-8-7-16(14-9-12-24-19(14)18)22-13-20(10-4-11-20)21-15-5-2-3-6-17(15)22/h7-9,12,15,17,21H,2-6,10-11,13H2,1H3/t15-,17?/m0/s1. The number of nitrogens with zero attached hydrogens (tertiary/aromatic N) is 1. The summed E-state index contributed by atoms with van der Waals surface area (Å²) in [7, 11) is 1.71. The van der Waals surface area contributed by atoms with Crippen LogP contribution < -0.4 is 15.0 Å². The van der Waals surface area contributed by atoms with Crippen molar-refractivity contribution in [1.29, 1.82) is 0 Å². The van der Waals surface area contributed by atoms with Crippen molar-refractivity contribution in [3.05, 3.63) is 24.5 Å². The van der Waals surface area contributed by atoms with Crippen molar-refractivity contribution in [3.63, 3.8) is 0 Å². The van der Waals surface area contributed by atoms with Gasteiger partial charge in [0.15, 0.2) is 11.3 Å². The number of piperazine rings is 1. The summed E-state index contributed by atoms with van der Waals surface area (Å²) in [5.41, 5.74) is 2.54. The molecule has 1 saturated heterocycles. The maximum Gasteiger partial charge on any atom is 0.177 e. The number of furan rings is 1. The molecule has 0 radical (unpaired) electrons. The molecule has 1 aromatic carbocycles. The molecule has 24 heavy (non-hydrogen) atoms. The number of anilines is 1. The number of ether oxygens (including phenoxy) is 1. The van der Waals surface area contributed by atoms with Crippen LogP contribution in [0.1, 0.15) is 44.9 Å². The summed E-state index contributed by atoms with van der Waals surface area (Å²) in [4.78, 5) is 2.69. The molecule has 128 valence electrons. The lowest BCUT2D eigenvalue weighted by Crippen LogP contribution is -2.72. The smallest absolute Gasteiger partial charge is 0.177 e. The summed E-state index contributed by atoms with van der Waals surface area (Å²) >= 11 is 0. The summed E-state index contributed by atoms with van der Waals surface area (Å²) in [6.45, 7) is 1.13. The van der Waals surface area contributed by atoms with Gasteiger partial charge in [0.2, 0.25) is 0 Å². The van der Waals surface area contributed by atoms with Crippen molar-refractivity contribution in [3.8, 4) is 5.75 Å². The lowest BCUT2D eigenvalue weighted by atomic mass is 9.71. The molecule has 0 bridgehead atoms. The van der Waals surface area contributed by atoms with Crippen molar-refractivity contribution < 1.29 is 9.15 Å². The van der Waals surface area contributed by atoms with Crippen LogP contribution in [0.2, 0.25) is 0 Å². The van der Waals surface area contributed by atoms with Crippen LogP contribution in [-0.4, -0.2) is 31.3 Å². The molecule has 3 aliphatic rings. The molecule has 5 rings (SSSR count). The number of nitrogens with one attached hydrogen (secondary N) is 1. The Bertz CT molecular complexity index is 749. The molecule has 0 amide bonds. The molecule has 1 aliphatic heterocycles. The van der Waals surface area contributed by atoms with Gasteiger partial charge in [-0.1, -0.05) is 12.8 Å². The quantitative estimate of drug-likeness (QED) is 0.902. The minimum atomic E-state index is 0.342. The molecule has 2 atom stereocenters. The van der Waals surface area contributed by atoms with E-state index in [2.05, 4.69) is 28.4 Å². The molecule has 2 heterocycles. The largest absolute Gasteiger partial charge is 0.493 e. The van der Waals surface area contributed by atoms with Crippen LogP contribution in [-0.2, 0) is 0 Å². The SMILES string of the molecule is COc1ccc(N2CC3(CCC3)N[C@H]3CCCCC32)c2ccoc12. The maximum atomic E-state index is 5.73. The lowest BCUT2D eigenvalue weighted by molar-refractivity contribution is 0.105. The van der Waals surface area contributed by atoms with Gasteiger partial charge in [-0.25, -0.2) is 0 Å². The van der Waals surface area contributed by atoms with Crippen molar-refractivity contribution in [2.45, 2.75) is 62.6 Å². The van der Waals surface area contributed by atoms with Gasteiger partial charge in [-0.05, 0) is 50.3 Å². The third kappa shape index (κ3) is 2.08. The first-order valence-corrected chi connectivity index (χ1v) is 9.38. The van der Waals surface area contributed by atoms with E-state index in [0.717, 1.165) is 17.9 Å². The van der Waals surface area contributed by atoms with E-state index in [4.69, 9.17) is 9.15 Å². The molecule has 1 spiro atoms. The summed E-state index contributed by atoms with van der Waals surface area (Å²) in [5.74, 6) is 0.826. The van der Waals surface area contributed by atoms with Crippen LogP contribution in [0.25, 0.3) is 11.0 Å². The Morgan fingerprint density at radius 3 is 2.83 bits per heavy atom. The second-order valence-electron chi connectivity index (χ2n) is 7.81. The Morgan fingerprint density at radius 1 is 1.17 bits per heavy atom. The van der Waals surface area contributed by atoms with Crippen LogP contribution in [0.4, 0.5) is 5.69 Å². The fourth-order valence-electron chi connectivity index (χ4n) is 5.14. The second-order valence-corrected chi connectivity index (χ2v) is 7.81. The zero-order chi connectivity index (χ0) is 16.1. The topological polar surface area (TPSA) is 37.6 Å². The third-order valence-corrected chi connectivity index (χ3v) is 6.49. The molecule has 2 aromatic rings. The molecule has 1 N–H and O–H groups in total. The highest BCUT2D eigenvalue weighted by Crippen LogP contribution is 2.44. The molecular formula is C20H26N2O2.